The number of halogens is 1. The standard InChI is InChI=1S/C12H17FN6O3/c1-7-17-8(15-2)3-4-19(7)11-9(13)10(21)12(6-20,22-11)5-16-18-14/h3-4,9-11,20-21H,1,5-6H2,2H3,(H,15,17)/t9-,10+,11-,12-/m1/s1. The van der Waals surface area contributed by atoms with Crippen molar-refractivity contribution in [2.24, 2.45) is 10.1 Å². The molecule has 120 valence electrons. The van der Waals surface area contributed by atoms with Crippen molar-refractivity contribution in [3.8, 4) is 0 Å². The van der Waals surface area contributed by atoms with Gasteiger partial charge < -0.3 is 25.2 Å². The Bertz CT molecular complexity index is 561. The molecular weight excluding hydrogens is 295 g/mol. The summed E-state index contributed by atoms with van der Waals surface area (Å²) in [6, 6.07) is 0. The molecule has 0 aliphatic carbocycles. The number of azide groups is 1. The first-order valence-corrected chi connectivity index (χ1v) is 6.50. The van der Waals surface area contributed by atoms with Crippen LogP contribution >= 0.6 is 0 Å². The molecule has 1 fully saturated rings. The van der Waals surface area contributed by atoms with E-state index < -0.39 is 37.3 Å². The first-order valence-electron chi connectivity index (χ1n) is 6.50. The molecule has 22 heavy (non-hydrogen) atoms. The summed E-state index contributed by atoms with van der Waals surface area (Å²) in [5, 5.41) is 25.6. The van der Waals surface area contributed by atoms with Crippen molar-refractivity contribution < 1.29 is 19.3 Å². The van der Waals surface area contributed by atoms with E-state index in [4.69, 9.17) is 10.3 Å². The molecule has 0 saturated carbocycles. The van der Waals surface area contributed by atoms with Crippen LogP contribution in [0.1, 0.15) is 0 Å². The molecule has 0 bridgehead atoms. The average molecular weight is 312 g/mol. The van der Waals surface area contributed by atoms with E-state index in [2.05, 4.69) is 26.9 Å². The smallest absolute Gasteiger partial charge is 0.174 e. The van der Waals surface area contributed by atoms with Crippen molar-refractivity contribution in [1.82, 2.24) is 10.2 Å². The maximum absolute atomic E-state index is 14.4. The maximum Gasteiger partial charge on any atom is 0.174 e. The molecule has 9 nitrogen and oxygen atoms in total. The number of aliphatic imine (C=N–C) groups is 1. The average Bonchev–Trinajstić information content (AvgIpc) is 2.78. The van der Waals surface area contributed by atoms with Crippen molar-refractivity contribution in [3.05, 3.63) is 35.1 Å². The van der Waals surface area contributed by atoms with Crippen LogP contribution in [0.15, 0.2) is 34.8 Å². The summed E-state index contributed by atoms with van der Waals surface area (Å²) in [6.45, 7) is 2.66. The third-order valence-corrected chi connectivity index (χ3v) is 3.63. The largest absolute Gasteiger partial charge is 0.393 e. The minimum absolute atomic E-state index is 0.306. The van der Waals surface area contributed by atoms with Crippen molar-refractivity contribution in [2.45, 2.75) is 24.1 Å². The van der Waals surface area contributed by atoms with Gasteiger partial charge in [-0.15, -0.1) is 0 Å². The number of nitrogens with one attached hydrogen (secondary N) is 1. The molecule has 1 saturated heterocycles. The van der Waals surface area contributed by atoms with Crippen LogP contribution in [0, 0.1) is 0 Å². The number of alkyl halides is 1. The zero-order valence-corrected chi connectivity index (χ0v) is 11.9. The Kier molecular flexibility index (Phi) is 4.67. The van der Waals surface area contributed by atoms with Gasteiger partial charge in [-0.05, 0) is 11.6 Å². The second kappa shape index (κ2) is 6.32. The maximum atomic E-state index is 14.4. The summed E-state index contributed by atoms with van der Waals surface area (Å²) < 4.78 is 19.9. The van der Waals surface area contributed by atoms with E-state index in [-0.39, 0.29) is 0 Å². The number of aliphatic hydroxyl groups excluding tert-OH is 2. The molecule has 0 unspecified atom stereocenters. The zero-order valence-electron chi connectivity index (χ0n) is 11.9. The second-order valence-corrected chi connectivity index (χ2v) is 4.91. The van der Waals surface area contributed by atoms with Crippen LogP contribution in [0.4, 0.5) is 4.39 Å². The summed E-state index contributed by atoms with van der Waals surface area (Å²) in [5.74, 6) is 0.846. The van der Waals surface area contributed by atoms with Gasteiger partial charge in [0.25, 0.3) is 0 Å². The minimum atomic E-state index is -1.83. The SMILES string of the molecule is C=C1NC(=NC)C=CN1[C@@H]1O[C@@](CO)(CN=[N+]=[N-])[C@@H](O)[C@H]1F. The van der Waals surface area contributed by atoms with Crippen LogP contribution < -0.4 is 5.32 Å². The molecule has 0 aromatic heterocycles. The Morgan fingerprint density at radius 2 is 2.41 bits per heavy atom. The molecule has 0 radical (unpaired) electrons. The number of hydrogen-bond donors (Lipinski definition) is 3. The summed E-state index contributed by atoms with van der Waals surface area (Å²) in [4.78, 5) is 7.83. The van der Waals surface area contributed by atoms with E-state index >= 15 is 0 Å². The highest BCUT2D eigenvalue weighted by Crippen LogP contribution is 2.36. The molecule has 0 aromatic carbocycles. The molecule has 0 aromatic rings. The van der Waals surface area contributed by atoms with E-state index in [1.165, 1.54) is 11.1 Å². The van der Waals surface area contributed by atoms with E-state index in [1.54, 1.807) is 13.1 Å². The fraction of sp³-hybridized carbons (Fsp3) is 0.583. The van der Waals surface area contributed by atoms with Gasteiger partial charge in [0.1, 0.15) is 23.4 Å². The first kappa shape index (κ1) is 16.2. The lowest BCUT2D eigenvalue weighted by atomic mass is 9.97. The van der Waals surface area contributed by atoms with E-state index in [1.807, 2.05) is 0 Å². The molecule has 2 heterocycles. The fourth-order valence-electron chi connectivity index (χ4n) is 2.36. The van der Waals surface area contributed by atoms with Gasteiger partial charge in [-0.1, -0.05) is 11.7 Å². The predicted molar refractivity (Wildman–Crippen MR) is 76.2 cm³/mol. The Morgan fingerprint density at radius 3 is 2.95 bits per heavy atom. The van der Waals surface area contributed by atoms with Gasteiger partial charge in [0.05, 0.1) is 13.2 Å². The van der Waals surface area contributed by atoms with Crippen molar-refractivity contribution in [3.63, 3.8) is 0 Å². The molecule has 2 aliphatic heterocycles. The zero-order chi connectivity index (χ0) is 16.3. The van der Waals surface area contributed by atoms with E-state index in [9.17, 15) is 14.6 Å². The quantitative estimate of drug-likeness (QED) is 0.383. The number of rotatable bonds is 4. The van der Waals surface area contributed by atoms with Crippen LogP contribution in [-0.4, -0.2) is 65.3 Å². The van der Waals surface area contributed by atoms with Crippen LogP contribution in [0.3, 0.4) is 0 Å². The van der Waals surface area contributed by atoms with E-state index in [0.717, 1.165) is 0 Å². The molecule has 0 amide bonds. The number of aliphatic hydroxyl groups is 2. The minimum Gasteiger partial charge on any atom is -0.393 e. The third kappa shape index (κ3) is 2.64. The number of ether oxygens (including phenoxy) is 1. The topological polar surface area (TPSA) is 126 Å². The molecule has 0 spiro atoms. The lowest BCUT2D eigenvalue weighted by Crippen LogP contribution is -2.48. The number of hydrogen-bond acceptors (Lipinski definition) is 6. The monoisotopic (exact) mass is 312 g/mol. The Hall–Kier alpha value is -2.13. The van der Waals surface area contributed by atoms with Gasteiger partial charge >= 0.3 is 0 Å². The normalized spacial score (nSPS) is 36.4. The number of amidine groups is 1. The molecular formula is C12H17FN6O3. The summed E-state index contributed by atoms with van der Waals surface area (Å²) in [5.41, 5.74) is 6.70. The van der Waals surface area contributed by atoms with Gasteiger partial charge in [-0.25, -0.2) is 4.39 Å². The van der Waals surface area contributed by atoms with Gasteiger partial charge in [-0.3, -0.25) is 4.99 Å². The summed E-state index contributed by atoms with van der Waals surface area (Å²) in [6.07, 6.45) is -1.60. The van der Waals surface area contributed by atoms with Gasteiger partial charge in [0.2, 0.25) is 0 Å². The lowest BCUT2D eigenvalue weighted by Gasteiger charge is -2.34. The van der Waals surface area contributed by atoms with Gasteiger partial charge in [0.15, 0.2) is 12.4 Å². The molecule has 2 rings (SSSR count). The molecule has 4 atom stereocenters. The molecule has 2 aliphatic rings. The van der Waals surface area contributed by atoms with Crippen molar-refractivity contribution >= 4 is 5.84 Å². The molecule has 10 heteroatoms. The second-order valence-electron chi connectivity index (χ2n) is 4.91. The fourth-order valence-corrected chi connectivity index (χ4v) is 2.36. The summed E-state index contributed by atoms with van der Waals surface area (Å²) >= 11 is 0. The van der Waals surface area contributed by atoms with Crippen LogP contribution in [0.25, 0.3) is 10.4 Å². The third-order valence-electron chi connectivity index (χ3n) is 3.63. The first-order chi connectivity index (χ1) is 10.5. The highest BCUT2D eigenvalue weighted by Gasteiger charge is 2.56. The van der Waals surface area contributed by atoms with Crippen molar-refractivity contribution in [1.29, 1.82) is 0 Å². The van der Waals surface area contributed by atoms with Crippen LogP contribution in [0.5, 0.6) is 0 Å². The van der Waals surface area contributed by atoms with Crippen LogP contribution in [0.2, 0.25) is 0 Å². The van der Waals surface area contributed by atoms with Gasteiger partial charge in [-0.2, -0.15) is 0 Å². The van der Waals surface area contributed by atoms with Crippen molar-refractivity contribution in [2.75, 3.05) is 20.2 Å². The highest BCUT2D eigenvalue weighted by molar-refractivity contribution is 5.94. The highest BCUT2D eigenvalue weighted by atomic mass is 19.1. The Morgan fingerprint density at radius 1 is 1.68 bits per heavy atom. The van der Waals surface area contributed by atoms with E-state index in [0.29, 0.717) is 11.7 Å². The Labute approximate surface area is 126 Å². The predicted octanol–water partition coefficient (Wildman–Crippen LogP) is 0.00150. The van der Waals surface area contributed by atoms with Crippen LogP contribution in [-0.2, 0) is 4.74 Å². The molecule has 3 N–H and O–H groups in total. The Balaban J connectivity index is 2.26. The summed E-state index contributed by atoms with van der Waals surface area (Å²) in [7, 11) is 1.58. The number of nitrogens with zero attached hydrogens (tertiary/aromatic N) is 5. The lowest BCUT2D eigenvalue weighted by molar-refractivity contribution is -0.128. The van der Waals surface area contributed by atoms with Gasteiger partial charge in [0, 0.05) is 18.2 Å².